The summed E-state index contributed by atoms with van der Waals surface area (Å²) in [5, 5.41) is 14.5. The normalized spacial score (nSPS) is 26.8. The van der Waals surface area contributed by atoms with E-state index >= 15 is 0 Å². The van der Waals surface area contributed by atoms with Crippen LogP contribution in [0.4, 0.5) is 0 Å². The van der Waals surface area contributed by atoms with E-state index in [1.807, 2.05) is 19.9 Å². The largest absolute Gasteiger partial charge is 0.396 e. The number of rotatable bonds is 3. The molecule has 0 bridgehead atoms. The molecule has 1 aromatic carbocycles. The van der Waals surface area contributed by atoms with Crippen molar-refractivity contribution in [3.63, 3.8) is 0 Å². The molecule has 3 heterocycles. The first-order valence-electron chi connectivity index (χ1n) is 9.71. The van der Waals surface area contributed by atoms with Gasteiger partial charge < -0.3 is 15.4 Å². The van der Waals surface area contributed by atoms with Crippen molar-refractivity contribution < 1.29 is 5.11 Å². The van der Waals surface area contributed by atoms with Crippen molar-refractivity contribution in [1.29, 1.82) is 0 Å². The molecule has 2 aromatic rings. The molecule has 3 N–H and O–H groups in total. The molecule has 26 heavy (non-hydrogen) atoms. The summed E-state index contributed by atoms with van der Waals surface area (Å²) in [7, 11) is 0. The number of pyridine rings is 1. The number of aliphatic hydroxyl groups excluding tert-OH is 1. The average Bonchev–Trinajstić information content (AvgIpc) is 2.64. The molecule has 5 nitrogen and oxygen atoms in total. The van der Waals surface area contributed by atoms with Crippen molar-refractivity contribution in [2.24, 2.45) is 5.41 Å². The Balaban J connectivity index is 1.62. The van der Waals surface area contributed by atoms with Crippen LogP contribution < -0.4 is 10.7 Å². The molecule has 2 saturated heterocycles. The highest BCUT2D eigenvalue weighted by Gasteiger charge is 2.44. The molecule has 2 aliphatic heterocycles. The first-order valence-corrected chi connectivity index (χ1v) is 9.71. The van der Waals surface area contributed by atoms with Crippen molar-refractivity contribution in [3.05, 3.63) is 45.2 Å². The van der Waals surface area contributed by atoms with Gasteiger partial charge in [-0.3, -0.25) is 9.69 Å². The third kappa shape index (κ3) is 2.98. The molecule has 1 aromatic heterocycles. The Morgan fingerprint density at radius 1 is 1.31 bits per heavy atom. The topological polar surface area (TPSA) is 68.4 Å². The van der Waals surface area contributed by atoms with E-state index in [9.17, 15) is 9.90 Å². The van der Waals surface area contributed by atoms with Crippen molar-refractivity contribution in [1.82, 2.24) is 15.2 Å². The van der Waals surface area contributed by atoms with E-state index in [0.717, 1.165) is 73.2 Å². The summed E-state index contributed by atoms with van der Waals surface area (Å²) in [5.41, 5.74) is 4.10. The van der Waals surface area contributed by atoms with E-state index in [0.29, 0.717) is 6.04 Å². The molecule has 2 aliphatic rings. The van der Waals surface area contributed by atoms with Crippen LogP contribution in [0.1, 0.15) is 36.1 Å². The van der Waals surface area contributed by atoms with Crippen molar-refractivity contribution in [2.75, 3.05) is 26.2 Å². The lowest BCUT2D eigenvalue weighted by molar-refractivity contribution is -0.0226. The summed E-state index contributed by atoms with van der Waals surface area (Å²) in [6.45, 7) is 7.92. The molecular weight excluding hydrogens is 326 g/mol. The number of piperidine rings is 2. The first-order chi connectivity index (χ1) is 12.5. The van der Waals surface area contributed by atoms with Gasteiger partial charge in [0.1, 0.15) is 0 Å². The third-order valence-corrected chi connectivity index (χ3v) is 6.42. The van der Waals surface area contributed by atoms with Crippen molar-refractivity contribution in [3.8, 4) is 0 Å². The number of H-pyrrole nitrogens is 1. The van der Waals surface area contributed by atoms with Crippen LogP contribution in [0.3, 0.4) is 0 Å². The molecule has 2 fully saturated rings. The number of fused-ring (bicyclic) bond motifs is 2. The Labute approximate surface area is 154 Å². The Morgan fingerprint density at radius 2 is 2.12 bits per heavy atom. The number of aryl methyl sites for hydroxylation is 2. The minimum atomic E-state index is -0.0415. The number of aliphatic hydroxyl groups is 1. The summed E-state index contributed by atoms with van der Waals surface area (Å²) in [6, 6.07) is 6.25. The number of likely N-dealkylation sites (tertiary alicyclic amines) is 1. The summed E-state index contributed by atoms with van der Waals surface area (Å²) in [5.74, 6) is 0. The van der Waals surface area contributed by atoms with Gasteiger partial charge in [0.05, 0.1) is 12.1 Å². The molecule has 0 aliphatic carbocycles. The fourth-order valence-electron chi connectivity index (χ4n) is 4.96. The van der Waals surface area contributed by atoms with Gasteiger partial charge in [-0.1, -0.05) is 12.1 Å². The number of nitrogens with zero attached hydrogens (tertiary/aromatic N) is 1. The second-order valence-electron chi connectivity index (χ2n) is 8.24. The van der Waals surface area contributed by atoms with E-state index in [-0.39, 0.29) is 17.5 Å². The summed E-state index contributed by atoms with van der Waals surface area (Å²) in [6.07, 6.45) is 3.25. The second-order valence-corrected chi connectivity index (χ2v) is 8.24. The monoisotopic (exact) mass is 355 g/mol. The number of hydrogen-bond donors (Lipinski definition) is 3. The predicted molar refractivity (Wildman–Crippen MR) is 104 cm³/mol. The van der Waals surface area contributed by atoms with Crippen LogP contribution in [0.2, 0.25) is 0 Å². The van der Waals surface area contributed by atoms with Gasteiger partial charge in [0, 0.05) is 48.2 Å². The van der Waals surface area contributed by atoms with Gasteiger partial charge in [0.2, 0.25) is 0 Å². The van der Waals surface area contributed by atoms with Crippen LogP contribution in [0.15, 0.2) is 23.0 Å². The number of nitrogens with one attached hydrogen (secondary N) is 2. The summed E-state index contributed by atoms with van der Waals surface area (Å²) >= 11 is 0. The quantitative estimate of drug-likeness (QED) is 0.789. The van der Waals surface area contributed by atoms with E-state index in [1.54, 1.807) is 6.07 Å². The fraction of sp³-hybridized carbons (Fsp3) is 0.571. The average molecular weight is 355 g/mol. The number of benzene rings is 1. The van der Waals surface area contributed by atoms with E-state index in [1.165, 1.54) is 0 Å². The van der Waals surface area contributed by atoms with Gasteiger partial charge in [0.15, 0.2) is 5.43 Å². The number of aromatic amines is 1. The Kier molecular flexibility index (Phi) is 4.63. The molecule has 2 atom stereocenters. The molecule has 5 heteroatoms. The second kappa shape index (κ2) is 6.80. The van der Waals surface area contributed by atoms with E-state index in [4.69, 9.17) is 0 Å². The van der Waals surface area contributed by atoms with Crippen LogP contribution in [-0.4, -0.2) is 47.3 Å². The standard InChI is InChI=1S/C21H29N3O2/c1-14-4-5-15(2)20-19(14)17(26)10-16(23-20)11-24-9-6-18-21(12-24,13-25)7-3-8-22-18/h4-5,10,18,22,25H,3,6-9,11-13H2,1-2H3,(H,23,26)/t18-,21-/m0/s1. The fourth-order valence-corrected chi connectivity index (χ4v) is 4.96. The van der Waals surface area contributed by atoms with E-state index < -0.39 is 0 Å². The lowest BCUT2D eigenvalue weighted by Crippen LogP contribution is -2.61. The SMILES string of the molecule is Cc1ccc(C)c2c(=O)cc(CN3CC[C@@H]4NCCC[C@@]4(CO)C3)[nH]c12. The maximum Gasteiger partial charge on any atom is 0.189 e. The van der Waals surface area contributed by atoms with Crippen LogP contribution in [-0.2, 0) is 6.54 Å². The number of hydrogen-bond acceptors (Lipinski definition) is 4. The summed E-state index contributed by atoms with van der Waals surface area (Å²) in [4.78, 5) is 18.6. The molecule has 0 amide bonds. The predicted octanol–water partition coefficient (Wildman–Crippen LogP) is 2.08. The van der Waals surface area contributed by atoms with Crippen LogP contribution in [0, 0.1) is 19.3 Å². The zero-order valence-electron chi connectivity index (χ0n) is 15.8. The maximum absolute atomic E-state index is 12.7. The highest BCUT2D eigenvalue weighted by Crippen LogP contribution is 2.37. The lowest BCUT2D eigenvalue weighted by atomic mass is 9.71. The van der Waals surface area contributed by atoms with Crippen LogP contribution in [0.25, 0.3) is 10.9 Å². The minimum Gasteiger partial charge on any atom is -0.396 e. The molecule has 4 rings (SSSR count). The third-order valence-electron chi connectivity index (χ3n) is 6.42. The molecule has 0 saturated carbocycles. The van der Waals surface area contributed by atoms with E-state index in [2.05, 4.69) is 21.3 Å². The molecular formula is C21H29N3O2. The Hall–Kier alpha value is -1.69. The zero-order valence-corrected chi connectivity index (χ0v) is 15.8. The van der Waals surface area contributed by atoms with Crippen LogP contribution in [0.5, 0.6) is 0 Å². The van der Waals surface area contributed by atoms with Gasteiger partial charge in [-0.15, -0.1) is 0 Å². The highest BCUT2D eigenvalue weighted by molar-refractivity contribution is 5.84. The Morgan fingerprint density at radius 3 is 2.92 bits per heavy atom. The molecule has 0 radical (unpaired) electrons. The summed E-state index contributed by atoms with van der Waals surface area (Å²) < 4.78 is 0. The first kappa shape index (κ1) is 17.7. The van der Waals surface area contributed by atoms with Gasteiger partial charge in [0.25, 0.3) is 0 Å². The molecule has 0 unspecified atom stereocenters. The maximum atomic E-state index is 12.7. The zero-order chi connectivity index (χ0) is 18.3. The smallest absolute Gasteiger partial charge is 0.189 e. The Bertz CT molecular complexity index is 875. The molecule has 0 spiro atoms. The van der Waals surface area contributed by atoms with Crippen molar-refractivity contribution in [2.45, 2.75) is 45.7 Å². The van der Waals surface area contributed by atoms with Crippen molar-refractivity contribution >= 4 is 10.9 Å². The lowest BCUT2D eigenvalue weighted by Gasteiger charge is -2.50. The highest BCUT2D eigenvalue weighted by atomic mass is 16.3. The van der Waals surface area contributed by atoms with Crippen LogP contribution >= 0.6 is 0 Å². The van der Waals surface area contributed by atoms with Gasteiger partial charge in [-0.05, 0) is 50.8 Å². The number of aromatic nitrogens is 1. The molecule has 140 valence electrons. The minimum absolute atomic E-state index is 0.0415. The van der Waals surface area contributed by atoms with Gasteiger partial charge >= 0.3 is 0 Å². The van der Waals surface area contributed by atoms with Gasteiger partial charge in [-0.2, -0.15) is 0 Å². The van der Waals surface area contributed by atoms with Gasteiger partial charge in [-0.25, -0.2) is 0 Å².